The van der Waals surface area contributed by atoms with Crippen molar-refractivity contribution in [2.24, 2.45) is 4.99 Å². The molecule has 2 aromatic rings. The maximum atomic E-state index is 5.17. The Balaban J connectivity index is 0.00000338. The van der Waals surface area contributed by atoms with Gasteiger partial charge in [-0.2, -0.15) is 0 Å². The number of nitrogens with zero attached hydrogens (tertiary/aromatic N) is 1. The predicted molar refractivity (Wildman–Crippen MR) is 118 cm³/mol. The van der Waals surface area contributed by atoms with Crippen LogP contribution in [0.2, 0.25) is 0 Å². The lowest BCUT2D eigenvalue weighted by molar-refractivity contribution is 0.414. The third-order valence-electron chi connectivity index (χ3n) is 3.94. The van der Waals surface area contributed by atoms with Crippen molar-refractivity contribution in [1.29, 1.82) is 0 Å². The number of aliphatic imine (C=N–C) groups is 1. The van der Waals surface area contributed by atoms with Gasteiger partial charge in [0.25, 0.3) is 0 Å². The van der Waals surface area contributed by atoms with Crippen molar-refractivity contribution in [1.82, 2.24) is 10.6 Å². The number of nitrogens with one attached hydrogen (secondary N) is 2. The van der Waals surface area contributed by atoms with Crippen molar-refractivity contribution < 1.29 is 9.47 Å². The SMILES string of the molecule is CN=C(NCCCc1ccc(OC)cc1)NCc1ccc(OC)cc1.I. The molecule has 6 heteroatoms. The van der Waals surface area contributed by atoms with E-state index in [1.54, 1.807) is 21.3 Å². The Labute approximate surface area is 173 Å². The minimum absolute atomic E-state index is 0. The van der Waals surface area contributed by atoms with Crippen LogP contribution < -0.4 is 20.1 Å². The molecule has 0 saturated carbocycles. The Hall–Kier alpha value is -1.96. The summed E-state index contributed by atoms with van der Waals surface area (Å²) in [5.41, 5.74) is 2.49. The van der Waals surface area contributed by atoms with Gasteiger partial charge in [-0.25, -0.2) is 0 Å². The summed E-state index contributed by atoms with van der Waals surface area (Å²) in [6.07, 6.45) is 2.06. The molecule has 5 nitrogen and oxygen atoms in total. The fourth-order valence-corrected chi connectivity index (χ4v) is 2.44. The van der Waals surface area contributed by atoms with Crippen LogP contribution >= 0.6 is 24.0 Å². The molecule has 0 unspecified atom stereocenters. The van der Waals surface area contributed by atoms with Crippen LogP contribution in [0.3, 0.4) is 0 Å². The Bertz CT molecular complexity index is 658. The van der Waals surface area contributed by atoms with E-state index >= 15 is 0 Å². The van der Waals surface area contributed by atoms with Gasteiger partial charge in [-0.3, -0.25) is 4.99 Å². The topological polar surface area (TPSA) is 54.9 Å². The van der Waals surface area contributed by atoms with Gasteiger partial charge in [0, 0.05) is 20.1 Å². The van der Waals surface area contributed by atoms with Crippen molar-refractivity contribution >= 4 is 29.9 Å². The van der Waals surface area contributed by atoms with E-state index in [0.29, 0.717) is 0 Å². The van der Waals surface area contributed by atoms with Gasteiger partial charge in [0.15, 0.2) is 5.96 Å². The highest BCUT2D eigenvalue weighted by atomic mass is 127. The molecule has 2 N–H and O–H groups in total. The van der Waals surface area contributed by atoms with E-state index < -0.39 is 0 Å². The van der Waals surface area contributed by atoms with E-state index in [0.717, 1.165) is 43.4 Å². The molecule has 0 amide bonds. The number of aryl methyl sites for hydroxylation is 1. The van der Waals surface area contributed by atoms with E-state index in [4.69, 9.17) is 9.47 Å². The van der Waals surface area contributed by atoms with Gasteiger partial charge in [0.2, 0.25) is 0 Å². The van der Waals surface area contributed by atoms with Gasteiger partial charge in [-0.15, -0.1) is 24.0 Å². The second-order valence-electron chi connectivity index (χ2n) is 5.65. The largest absolute Gasteiger partial charge is 0.497 e. The van der Waals surface area contributed by atoms with Crippen molar-refractivity contribution in [3.8, 4) is 11.5 Å². The first-order valence-corrected chi connectivity index (χ1v) is 8.45. The highest BCUT2D eigenvalue weighted by Crippen LogP contribution is 2.12. The van der Waals surface area contributed by atoms with E-state index in [1.165, 1.54) is 11.1 Å². The van der Waals surface area contributed by atoms with Gasteiger partial charge < -0.3 is 20.1 Å². The average molecular weight is 469 g/mol. The molecule has 0 spiro atoms. The summed E-state index contributed by atoms with van der Waals surface area (Å²) in [5.74, 6) is 2.57. The summed E-state index contributed by atoms with van der Waals surface area (Å²) < 4.78 is 10.3. The normalized spacial score (nSPS) is 10.7. The van der Waals surface area contributed by atoms with E-state index in [-0.39, 0.29) is 24.0 Å². The first kappa shape index (κ1) is 22.1. The average Bonchev–Trinajstić information content (AvgIpc) is 2.68. The van der Waals surface area contributed by atoms with Crippen LogP contribution in [0.5, 0.6) is 11.5 Å². The first-order chi connectivity index (χ1) is 12.2. The fraction of sp³-hybridized carbons (Fsp3) is 0.350. The minimum atomic E-state index is 0. The summed E-state index contributed by atoms with van der Waals surface area (Å²) in [6.45, 7) is 1.59. The van der Waals surface area contributed by atoms with Crippen LogP contribution in [0, 0.1) is 0 Å². The zero-order chi connectivity index (χ0) is 17.9. The van der Waals surface area contributed by atoms with Crippen LogP contribution in [0.4, 0.5) is 0 Å². The van der Waals surface area contributed by atoms with Crippen molar-refractivity contribution in [2.75, 3.05) is 27.8 Å². The predicted octanol–water partition coefficient (Wildman–Crippen LogP) is 3.62. The quantitative estimate of drug-likeness (QED) is 0.269. The number of halogens is 1. The first-order valence-electron chi connectivity index (χ1n) is 8.45. The number of hydrogen-bond donors (Lipinski definition) is 2. The number of hydrogen-bond acceptors (Lipinski definition) is 3. The van der Waals surface area contributed by atoms with E-state index in [1.807, 2.05) is 36.4 Å². The van der Waals surface area contributed by atoms with Crippen LogP contribution in [0.15, 0.2) is 53.5 Å². The molecule has 0 atom stereocenters. The Morgan fingerprint density at radius 1 is 0.846 bits per heavy atom. The highest BCUT2D eigenvalue weighted by molar-refractivity contribution is 14.0. The molecule has 0 fully saturated rings. The smallest absolute Gasteiger partial charge is 0.191 e. The third kappa shape index (κ3) is 7.51. The maximum Gasteiger partial charge on any atom is 0.191 e. The second kappa shape index (κ2) is 12.4. The number of rotatable bonds is 8. The Morgan fingerprint density at radius 3 is 1.88 bits per heavy atom. The summed E-state index contributed by atoms with van der Waals surface area (Å²) in [4.78, 5) is 4.26. The van der Waals surface area contributed by atoms with Gasteiger partial charge in [-0.05, 0) is 48.2 Å². The molecule has 0 radical (unpaired) electrons. The summed E-state index contributed by atoms with van der Waals surface area (Å²) in [5, 5.41) is 6.66. The van der Waals surface area contributed by atoms with Crippen molar-refractivity contribution in [3.05, 3.63) is 59.7 Å². The van der Waals surface area contributed by atoms with Gasteiger partial charge in [0.1, 0.15) is 11.5 Å². The number of benzene rings is 2. The molecule has 0 aliphatic rings. The molecule has 0 aliphatic carbocycles. The molecule has 0 heterocycles. The van der Waals surface area contributed by atoms with Gasteiger partial charge >= 0.3 is 0 Å². The molecule has 0 saturated heterocycles. The van der Waals surface area contributed by atoms with E-state index in [9.17, 15) is 0 Å². The highest BCUT2D eigenvalue weighted by Gasteiger charge is 2.00. The zero-order valence-electron chi connectivity index (χ0n) is 15.6. The van der Waals surface area contributed by atoms with Crippen LogP contribution in [-0.2, 0) is 13.0 Å². The molecule has 2 aromatic carbocycles. The van der Waals surface area contributed by atoms with Crippen LogP contribution in [-0.4, -0.2) is 33.8 Å². The Morgan fingerprint density at radius 2 is 1.38 bits per heavy atom. The van der Waals surface area contributed by atoms with Crippen molar-refractivity contribution in [3.63, 3.8) is 0 Å². The molecule has 0 aliphatic heterocycles. The number of ether oxygens (including phenoxy) is 2. The lowest BCUT2D eigenvalue weighted by atomic mass is 10.1. The molecule has 142 valence electrons. The zero-order valence-corrected chi connectivity index (χ0v) is 17.9. The lowest BCUT2D eigenvalue weighted by Crippen LogP contribution is -2.37. The molecule has 0 bridgehead atoms. The van der Waals surface area contributed by atoms with Crippen LogP contribution in [0.25, 0.3) is 0 Å². The molecular weight excluding hydrogens is 441 g/mol. The Kier molecular flexibility index (Phi) is 10.5. The van der Waals surface area contributed by atoms with Gasteiger partial charge in [0.05, 0.1) is 14.2 Å². The third-order valence-corrected chi connectivity index (χ3v) is 3.94. The van der Waals surface area contributed by atoms with Crippen molar-refractivity contribution in [2.45, 2.75) is 19.4 Å². The second-order valence-corrected chi connectivity index (χ2v) is 5.65. The minimum Gasteiger partial charge on any atom is -0.497 e. The van der Waals surface area contributed by atoms with E-state index in [2.05, 4.69) is 27.8 Å². The summed E-state index contributed by atoms with van der Waals surface area (Å²) >= 11 is 0. The molecule has 26 heavy (non-hydrogen) atoms. The summed E-state index contributed by atoms with van der Waals surface area (Å²) in [7, 11) is 5.14. The number of guanidine groups is 1. The standard InChI is InChI=1S/C20H27N3O2.HI/c1-21-20(23-15-17-8-12-19(25-3)13-9-17)22-14-4-5-16-6-10-18(24-2)11-7-16;/h6-13H,4-5,14-15H2,1-3H3,(H2,21,22,23);1H. The fourth-order valence-electron chi connectivity index (χ4n) is 2.44. The maximum absolute atomic E-state index is 5.17. The lowest BCUT2D eigenvalue weighted by Gasteiger charge is -2.12. The number of methoxy groups -OCH3 is 2. The van der Waals surface area contributed by atoms with Gasteiger partial charge in [-0.1, -0.05) is 24.3 Å². The molecule has 2 rings (SSSR count). The van der Waals surface area contributed by atoms with Crippen LogP contribution in [0.1, 0.15) is 17.5 Å². The molecule has 0 aromatic heterocycles. The molecular formula is C20H28IN3O2. The monoisotopic (exact) mass is 469 g/mol. The summed E-state index contributed by atoms with van der Waals surface area (Å²) in [6, 6.07) is 16.2.